The lowest BCUT2D eigenvalue weighted by molar-refractivity contribution is -0.132. The van der Waals surface area contributed by atoms with Crippen LogP contribution in [0, 0.1) is 5.92 Å². The van der Waals surface area contributed by atoms with Gasteiger partial charge in [-0.2, -0.15) is 0 Å². The van der Waals surface area contributed by atoms with Crippen molar-refractivity contribution in [3.05, 3.63) is 35.9 Å². The van der Waals surface area contributed by atoms with E-state index in [4.69, 9.17) is 18.0 Å². The van der Waals surface area contributed by atoms with Gasteiger partial charge in [0, 0.05) is 13.1 Å². The third kappa shape index (κ3) is 3.82. The SMILES string of the molecule is CC1CCCC(N(C)C(=O)C(C(N)=S)c2ccccc2)C1. The van der Waals surface area contributed by atoms with Crippen LogP contribution in [0.1, 0.15) is 44.1 Å². The topological polar surface area (TPSA) is 46.3 Å². The monoisotopic (exact) mass is 304 g/mol. The van der Waals surface area contributed by atoms with E-state index in [9.17, 15) is 4.79 Å². The van der Waals surface area contributed by atoms with Gasteiger partial charge in [0.1, 0.15) is 5.92 Å². The average Bonchev–Trinajstić information content (AvgIpc) is 2.47. The number of nitrogens with two attached hydrogens (primary N) is 1. The smallest absolute Gasteiger partial charge is 0.236 e. The van der Waals surface area contributed by atoms with Crippen molar-refractivity contribution in [1.82, 2.24) is 4.90 Å². The molecule has 1 fully saturated rings. The molecule has 1 aliphatic rings. The molecule has 1 aliphatic carbocycles. The molecule has 1 aromatic carbocycles. The van der Waals surface area contributed by atoms with Gasteiger partial charge in [0.05, 0.1) is 4.99 Å². The fourth-order valence-corrected chi connectivity index (χ4v) is 3.45. The van der Waals surface area contributed by atoms with E-state index in [-0.39, 0.29) is 10.9 Å². The molecular formula is C17H24N2OS. The molecule has 21 heavy (non-hydrogen) atoms. The molecule has 0 radical (unpaired) electrons. The Morgan fingerprint density at radius 3 is 2.57 bits per heavy atom. The van der Waals surface area contributed by atoms with E-state index in [0.717, 1.165) is 18.4 Å². The molecule has 3 unspecified atom stereocenters. The zero-order chi connectivity index (χ0) is 15.4. The normalized spacial score (nSPS) is 23.3. The highest BCUT2D eigenvalue weighted by atomic mass is 32.1. The van der Waals surface area contributed by atoms with E-state index in [2.05, 4.69) is 6.92 Å². The first-order valence-electron chi connectivity index (χ1n) is 7.61. The van der Waals surface area contributed by atoms with Gasteiger partial charge in [-0.15, -0.1) is 0 Å². The molecule has 4 heteroatoms. The maximum absolute atomic E-state index is 12.8. The fraction of sp³-hybridized carbons (Fsp3) is 0.529. The minimum Gasteiger partial charge on any atom is -0.392 e. The van der Waals surface area contributed by atoms with E-state index >= 15 is 0 Å². The molecule has 0 saturated heterocycles. The molecule has 2 N–H and O–H groups in total. The number of nitrogens with zero attached hydrogens (tertiary/aromatic N) is 1. The van der Waals surface area contributed by atoms with E-state index in [0.29, 0.717) is 12.0 Å². The lowest BCUT2D eigenvalue weighted by atomic mass is 9.85. The minimum atomic E-state index is -0.511. The van der Waals surface area contributed by atoms with Gasteiger partial charge in [-0.3, -0.25) is 4.79 Å². The van der Waals surface area contributed by atoms with E-state index in [1.165, 1.54) is 12.8 Å². The Balaban J connectivity index is 2.17. The van der Waals surface area contributed by atoms with Crippen LogP contribution < -0.4 is 5.73 Å². The fourth-order valence-electron chi connectivity index (χ4n) is 3.21. The molecule has 0 bridgehead atoms. The Bertz CT molecular complexity index is 503. The second-order valence-electron chi connectivity index (χ2n) is 6.12. The van der Waals surface area contributed by atoms with Crippen molar-refractivity contribution in [1.29, 1.82) is 0 Å². The Labute approximate surface area is 132 Å². The van der Waals surface area contributed by atoms with Crippen molar-refractivity contribution in [2.75, 3.05) is 7.05 Å². The first-order chi connectivity index (χ1) is 10.0. The molecular weight excluding hydrogens is 280 g/mol. The molecule has 1 amide bonds. The summed E-state index contributed by atoms with van der Waals surface area (Å²) in [6.45, 7) is 2.26. The van der Waals surface area contributed by atoms with Gasteiger partial charge >= 0.3 is 0 Å². The summed E-state index contributed by atoms with van der Waals surface area (Å²) >= 11 is 5.15. The van der Waals surface area contributed by atoms with Gasteiger partial charge in [-0.05, 0) is 24.3 Å². The summed E-state index contributed by atoms with van der Waals surface area (Å²) in [5, 5.41) is 0. The number of rotatable bonds is 4. The molecule has 1 saturated carbocycles. The van der Waals surface area contributed by atoms with E-state index in [1.54, 1.807) is 0 Å². The second kappa shape index (κ2) is 7.03. The van der Waals surface area contributed by atoms with Crippen LogP contribution in [0.15, 0.2) is 30.3 Å². The predicted octanol–water partition coefficient (Wildman–Crippen LogP) is 3.09. The van der Waals surface area contributed by atoms with Crippen molar-refractivity contribution >= 4 is 23.1 Å². The standard InChI is InChI=1S/C17H24N2OS/c1-12-7-6-10-14(11-12)19(2)17(20)15(16(18)21)13-8-4-3-5-9-13/h3-5,8-9,12,14-15H,6-7,10-11H2,1-2H3,(H2,18,21). The van der Waals surface area contributed by atoms with Gasteiger partial charge in [-0.25, -0.2) is 0 Å². The summed E-state index contributed by atoms with van der Waals surface area (Å²) in [6, 6.07) is 9.89. The first kappa shape index (κ1) is 16.0. The largest absolute Gasteiger partial charge is 0.392 e. The number of carbonyl (C=O) groups excluding carboxylic acids is 1. The van der Waals surface area contributed by atoms with Crippen LogP contribution in [0.2, 0.25) is 0 Å². The number of hydrogen-bond acceptors (Lipinski definition) is 2. The first-order valence-corrected chi connectivity index (χ1v) is 8.02. The number of likely N-dealkylation sites (N-methyl/N-ethyl adjacent to an activating group) is 1. The summed E-state index contributed by atoms with van der Waals surface area (Å²) in [5.74, 6) is 0.190. The third-order valence-corrected chi connectivity index (χ3v) is 4.70. The van der Waals surface area contributed by atoms with Crippen LogP contribution in [0.4, 0.5) is 0 Å². The molecule has 2 rings (SSSR count). The predicted molar refractivity (Wildman–Crippen MR) is 90.2 cm³/mol. The molecule has 0 aromatic heterocycles. The van der Waals surface area contributed by atoms with Gasteiger partial charge < -0.3 is 10.6 Å². The summed E-state index contributed by atoms with van der Waals surface area (Å²) in [5.41, 5.74) is 6.73. The van der Waals surface area contributed by atoms with Crippen molar-refractivity contribution < 1.29 is 4.79 Å². The molecule has 114 valence electrons. The summed E-state index contributed by atoms with van der Waals surface area (Å²) in [6.07, 6.45) is 4.59. The molecule has 1 aromatic rings. The van der Waals surface area contributed by atoms with Crippen LogP contribution in [0.3, 0.4) is 0 Å². The molecule has 0 spiro atoms. The second-order valence-corrected chi connectivity index (χ2v) is 6.59. The highest BCUT2D eigenvalue weighted by Gasteiger charge is 2.31. The molecule has 0 heterocycles. The lowest BCUT2D eigenvalue weighted by Gasteiger charge is -2.36. The average molecular weight is 304 g/mol. The minimum absolute atomic E-state index is 0.0211. The van der Waals surface area contributed by atoms with Crippen molar-refractivity contribution in [2.24, 2.45) is 11.7 Å². The zero-order valence-corrected chi connectivity index (χ0v) is 13.6. The highest BCUT2D eigenvalue weighted by molar-refractivity contribution is 7.80. The lowest BCUT2D eigenvalue weighted by Crippen LogP contribution is -2.44. The Morgan fingerprint density at radius 2 is 2.00 bits per heavy atom. The Morgan fingerprint density at radius 1 is 1.33 bits per heavy atom. The zero-order valence-electron chi connectivity index (χ0n) is 12.8. The number of amides is 1. The van der Waals surface area contributed by atoms with Crippen molar-refractivity contribution in [3.8, 4) is 0 Å². The molecule has 3 atom stereocenters. The van der Waals surface area contributed by atoms with E-state index in [1.807, 2.05) is 42.3 Å². The van der Waals surface area contributed by atoms with Crippen LogP contribution in [-0.4, -0.2) is 28.9 Å². The maximum Gasteiger partial charge on any atom is 0.236 e. The molecule has 0 aliphatic heterocycles. The summed E-state index contributed by atoms with van der Waals surface area (Å²) in [7, 11) is 1.89. The Hall–Kier alpha value is -1.42. The van der Waals surface area contributed by atoms with Crippen LogP contribution in [-0.2, 0) is 4.79 Å². The van der Waals surface area contributed by atoms with E-state index < -0.39 is 5.92 Å². The Kier molecular flexibility index (Phi) is 5.34. The number of benzene rings is 1. The maximum atomic E-state index is 12.8. The van der Waals surface area contributed by atoms with Crippen LogP contribution in [0.25, 0.3) is 0 Å². The van der Waals surface area contributed by atoms with Crippen molar-refractivity contribution in [2.45, 2.75) is 44.6 Å². The van der Waals surface area contributed by atoms with Gasteiger partial charge in [0.25, 0.3) is 0 Å². The van der Waals surface area contributed by atoms with Gasteiger partial charge in [-0.1, -0.05) is 62.3 Å². The number of thiocarbonyl (C=S) groups is 1. The van der Waals surface area contributed by atoms with Gasteiger partial charge in [0.15, 0.2) is 0 Å². The highest BCUT2D eigenvalue weighted by Crippen LogP contribution is 2.29. The summed E-state index contributed by atoms with van der Waals surface area (Å²) < 4.78 is 0. The van der Waals surface area contributed by atoms with Crippen LogP contribution in [0.5, 0.6) is 0 Å². The summed E-state index contributed by atoms with van der Waals surface area (Å²) in [4.78, 5) is 15.0. The quantitative estimate of drug-likeness (QED) is 0.870. The van der Waals surface area contributed by atoms with Gasteiger partial charge in [0.2, 0.25) is 5.91 Å². The number of carbonyl (C=O) groups is 1. The van der Waals surface area contributed by atoms with Crippen LogP contribution >= 0.6 is 12.2 Å². The third-order valence-electron chi connectivity index (χ3n) is 4.47. The van der Waals surface area contributed by atoms with Crippen molar-refractivity contribution in [3.63, 3.8) is 0 Å². The molecule has 3 nitrogen and oxygen atoms in total. The number of hydrogen-bond donors (Lipinski definition) is 1.